The highest BCUT2D eigenvalue weighted by Gasteiger charge is 2.32. The number of rotatable bonds is 2. The molecule has 80 valence electrons. The normalized spacial score (nSPS) is 20.9. The van der Waals surface area contributed by atoms with Gasteiger partial charge in [-0.25, -0.2) is 0 Å². The number of benzene rings is 1. The van der Waals surface area contributed by atoms with E-state index < -0.39 is 0 Å². The van der Waals surface area contributed by atoms with Crippen LogP contribution in [0.5, 0.6) is 0 Å². The zero-order valence-corrected chi connectivity index (χ0v) is 9.83. The van der Waals surface area contributed by atoms with Crippen LogP contribution in [0.4, 0.5) is 0 Å². The minimum Gasteiger partial charge on any atom is -0.468 e. The Bertz CT molecular complexity index is 350. The number of hydrogen-bond donors (Lipinski definition) is 0. The van der Waals surface area contributed by atoms with Gasteiger partial charge >= 0.3 is 0 Å². The third-order valence-electron chi connectivity index (χ3n) is 2.65. The lowest BCUT2D eigenvalue weighted by Crippen LogP contribution is -2.33. The highest BCUT2D eigenvalue weighted by Crippen LogP contribution is 2.29. The summed E-state index contributed by atoms with van der Waals surface area (Å²) in [5.41, 5.74) is 1.27. The number of hydrogen-bond acceptors (Lipinski definition) is 2. The van der Waals surface area contributed by atoms with Crippen LogP contribution in [0.3, 0.4) is 0 Å². The van der Waals surface area contributed by atoms with Gasteiger partial charge < -0.3 is 9.64 Å². The summed E-state index contributed by atoms with van der Waals surface area (Å²) in [7, 11) is 0. The van der Waals surface area contributed by atoms with Gasteiger partial charge in [0.25, 0.3) is 5.17 Å². The Labute approximate surface area is 95.8 Å². The molecular formula is C12H15NOS. The van der Waals surface area contributed by atoms with Crippen molar-refractivity contribution in [3.05, 3.63) is 35.9 Å². The van der Waals surface area contributed by atoms with Crippen LogP contribution in [0.15, 0.2) is 30.3 Å². The summed E-state index contributed by atoms with van der Waals surface area (Å²) in [5, 5.41) is 0.624. The first kappa shape index (κ1) is 10.4. The van der Waals surface area contributed by atoms with E-state index in [1.54, 1.807) is 0 Å². The van der Waals surface area contributed by atoms with Crippen molar-refractivity contribution >= 4 is 17.4 Å². The average Bonchev–Trinajstić information content (AvgIpc) is 2.61. The molecule has 1 fully saturated rings. The number of ether oxygens (including phenoxy) is 1. The number of thiocarbonyl (C=S) groups is 1. The molecule has 0 aromatic heterocycles. The largest absolute Gasteiger partial charge is 0.468 e. The van der Waals surface area contributed by atoms with Crippen molar-refractivity contribution in [3.63, 3.8) is 0 Å². The molecule has 2 nitrogen and oxygen atoms in total. The molecule has 1 aromatic carbocycles. The summed E-state index contributed by atoms with van der Waals surface area (Å²) in [6.07, 6.45) is 0. The zero-order valence-electron chi connectivity index (χ0n) is 9.01. The van der Waals surface area contributed by atoms with Gasteiger partial charge in [-0.15, -0.1) is 0 Å². The van der Waals surface area contributed by atoms with Crippen molar-refractivity contribution in [2.45, 2.75) is 25.9 Å². The Kier molecular flexibility index (Phi) is 2.91. The predicted octanol–water partition coefficient (Wildman–Crippen LogP) is 2.75. The Morgan fingerprint density at radius 3 is 2.60 bits per heavy atom. The summed E-state index contributed by atoms with van der Waals surface area (Å²) >= 11 is 5.20. The van der Waals surface area contributed by atoms with E-state index in [0.29, 0.717) is 17.8 Å². The fourth-order valence-corrected chi connectivity index (χ4v) is 2.34. The lowest BCUT2D eigenvalue weighted by molar-refractivity contribution is 0.287. The first-order valence-electron chi connectivity index (χ1n) is 5.20. The molecule has 3 heteroatoms. The van der Waals surface area contributed by atoms with E-state index in [1.165, 1.54) is 5.56 Å². The Balaban J connectivity index is 2.26. The first-order valence-corrected chi connectivity index (χ1v) is 5.61. The van der Waals surface area contributed by atoms with Crippen LogP contribution in [0.1, 0.15) is 25.5 Å². The molecule has 1 heterocycles. The van der Waals surface area contributed by atoms with Crippen molar-refractivity contribution < 1.29 is 4.74 Å². The zero-order chi connectivity index (χ0) is 10.8. The molecule has 0 saturated carbocycles. The molecule has 1 aromatic rings. The second-order valence-electron chi connectivity index (χ2n) is 4.00. The molecule has 0 amide bonds. The molecule has 1 aliphatic heterocycles. The van der Waals surface area contributed by atoms with Crippen molar-refractivity contribution in [1.29, 1.82) is 0 Å². The van der Waals surface area contributed by atoms with E-state index in [1.807, 2.05) is 6.07 Å². The van der Waals surface area contributed by atoms with Crippen molar-refractivity contribution in [2.75, 3.05) is 6.61 Å². The summed E-state index contributed by atoms with van der Waals surface area (Å²) in [4.78, 5) is 2.16. The van der Waals surface area contributed by atoms with Gasteiger partial charge in [0.05, 0.1) is 6.04 Å². The van der Waals surface area contributed by atoms with Gasteiger partial charge in [0.15, 0.2) is 0 Å². The van der Waals surface area contributed by atoms with Crippen LogP contribution in [-0.2, 0) is 4.74 Å². The maximum Gasteiger partial charge on any atom is 0.260 e. The molecule has 1 aliphatic rings. The molecule has 0 radical (unpaired) electrons. The van der Waals surface area contributed by atoms with E-state index in [-0.39, 0.29) is 6.04 Å². The lowest BCUT2D eigenvalue weighted by atomic mass is 10.1. The Morgan fingerprint density at radius 1 is 1.33 bits per heavy atom. The molecular weight excluding hydrogens is 206 g/mol. The van der Waals surface area contributed by atoms with Crippen LogP contribution in [0, 0.1) is 0 Å². The van der Waals surface area contributed by atoms with Gasteiger partial charge in [0, 0.05) is 6.04 Å². The monoisotopic (exact) mass is 221 g/mol. The summed E-state index contributed by atoms with van der Waals surface area (Å²) < 4.78 is 5.45. The quantitative estimate of drug-likeness (QED) is 0.713. The maximum absolute atomic E-state index is 5.45. The third kappa shape index (κ3) is 1.97. The molecule has 1 saturated heterocycles. The number of nitrogens with zero attached hydrogens (tertiary/aromatic N) is 1. The van der Waals surface area contributed by atoms with E-state index in [4.69, 9.17) is 17.0 Å². The van der Waals surface area contributed by atoms with Gasteiger partial charge in [-0.1, -0.05) is 30.3 Å². The molecule has 0 N–H and O–H groups in total. The minimum absolute atomic E-state index is 0.277. The molecule has 0 spiro atoms. The molecule has 0 aliphatic carbocycles. The Morgan fingerprint density at radius 2 is 2.00 bits per heavy atom. The van der Waals surface area contributed by atoms with Crippen molar-refractivity contribution in [1.82, 2.24) is 4.90 Å². The SMILES string of the molecule is CC(C)N1C(=S)OC[C@H]1c1ccccc1. The first-order chi connectivity index (χ1) is 7.20. The predicted molar refractivity (Wildman–Crippen MR) is 64.7 cm³/mol. The fourth-order valence-electron chi connectivity index (χ4n) is 1.94. The molecule has 2 rings (SSSR count). The van der Waals surface area contributed by atoms with Crippen LogP contribution >= 0.6 is 12.2 Å². The standard InChI is InChI=1S/C12H15NOS/c1-9(2)13-11(8-14-12(13)15)10-6-4-3-5-7-10/h3-7,9,11H,8H2,1-2H3/t11-/m0/s1. The van der Waals surface area contributed by atoms with E-state index in [0.717, 1.165) is 0 Å². The second kappa shape index (κ2) is 4.19. The summed E-state index contributed by atoms with van der Waals surface area (Å²) in [6, 6.07) is 11.0. The summed E-state index contributed by atoms with van der Waals surface area (Å²) in [5.74, 6) is 0. The van der Waals surface area contributed by atoms with E-state index in [9.17, 15) is 0 Å². The van der Waals surface area contributed by atoms with Crippen LogP contribution in [-0.4, -0.2) is 22.7 Å². The second-order valence-corrected chi connectivity index (χ2v) is 4.35. The van der Waals surface area contributed by atoms with Gasteiger partial charge in [0.1, 0.15) is 6.61 Å². The van der Waals surface area contributed by atoms with Gasteiger partial charge in [0.2, 0.25) is 0 Å². The fraction of sp³-hybridized carbons (Fsp3) is 0.417. The van der Waals surface area contributed by atoms with Gasteiger partial charge in [-0.05, 0) is 31.6 Å². The van der Waals surface area contributed by atoms with Gasteiger partial charge in [-0.2, -0.15) is 0 Å². The van der Waals surface area contributed by atoms with Crippen LogP contribution in [0.25, 0.3) is 0 Å². The molecule has 15 heavy (non-hydrogen) atoms. The van der Waals surface area contributed by atoms with Crippen LogP contribution in [0.2, 0.25) is 0 Å². The molecule has 0 bridgehead atoms. The molecule has 1 atom stereocenters. The highest BCUT2D eigenvalue weighted by molar-refractivity contribution is 7.80. The van der Waals surface area contributed by atoms with Gasteiger partial charge in [-0.3, -0.25) is 0 Å². The maximum atomic E-state index is 5.45. The smallest absolute Gasteiger partial charge is 0.260 e. The molecule has 0 unspecified atom stereocenters. The third-order valence-corrected chi connectivity index (χ3v) is 2.98. The van der Waals surface area contributed by atoms with Crippen LogP contribution < -0.4 is 0 Å². The average molecular weight is 221 g/mol. The Hall–Kier alpha value is -1.09. The highest BCUT2D eigenvalue weighted by atomic mass is 32.1. The van der Waals surface area contributed by atoms with E-state index in [2.05, 4.69) is 43.0 Å². The lowest BCUT2D eigenvalue weighted by Gasteiger charge is -2.27. The van der Waals surface area contributed by atoms with E-state index >= 15 is 0 Å². The summed E-state index contributed by atoms with van der Waals surface area (Å²) in [6.45, 7) is 4.94. The van der Waals surface area contributed by atoms with Crippen molar-refractivity contribution in [3.8, 4) is 0 Å². The van der Waals surface area contributed by atoms with Crippen molar-refractivity contribution in [2.24, 2.45) is 0 Å². The minimum atomic E-state index is 0.277. The topological polar surface area (TPSA) is 12.5 Å².